The van der Waals surface area contributed by atoms with Gasteiger partial charge in [0.15, 0.2) is 5.75 Å². The van der Waals surface area contributed by atoms with E-state index in [1.54, 1.807) is 42.0 Å². The van der Waals surface area contributed by atoms with E-state index < -0.39 is 11.2 Å². The second-order valence-electron chi connectivity index (χ2n) is 9.06. The molecule has 1 aliphatic carbocycles. The van der Waals surface area contributed by atoms with Crippen LogP contribution in [0, 0.1) is 0 Å². The minimum absolute atomic E-state index is 0.0143. The highest BCUT2D eigenvalue weighted by molar-refractivity contribution is 7.99. The monoisotopic (exact) mass is 507 g/mol. The topological polar surface area (TPSA) is 81.7 Å². The molecular weight excluding hydrogens is 486 g/mol. The normalized spacial score (nSPS) is 15.8. The Morgan fingerprint density at radius 3 is 2.63 bits per heavy atom. The van der Waals surface area contributed by atoms with Gasteiger partial charge in [-0.3, -0.25) is 9.36 Å². The summed E-state index contributed by atoms with van der Waals surface area (Å²) in [5.74, 6) is 0.270. The maximum Gasteiger partial charge on any atom is 0.354 e. The van der Waals surface area contributed by atoms with E-state index in [4.69, 9.17) is 20.8 Å². The molecule has 2 aliphatic rings. The van der Waals surface area contributed by atoms with E-state index in [-0.39, 0.29) is 27.0 Å². The first-order chi connectivity index (χ1) is 16.9. The first-order valence-corrected chi connectivity index (χ1v) is 12.7. The van der Waals surface area contributed by atoms with Gasteiger partial charge in [-0.05, 0) is 42.7 Å². The molecule has 0 radical (unpaired) electrons. The molecule has 35 heavy (non-hydrogen) atoms. The van der Waals surface area contributed by atoms with Gasteiger partial charge >= 0.3 is 5.63 Å². The van der Waals surface area contributed by atoms with Crippen molar-refractivity contribution in [3.8, 4) is 17.2 Å². The van der Waals surface area contributed by atoms with Crippen molar-refractivity contribution in [1.82, 2.24) is 4.57 Å². The summed E-state index contributed by atoms with van der Waals surface area (Å²) in [5.41, 5.74) is 1.28. The van der Waals surface area contributed by atoms with Crippen molar-refractivity contribution in [1.29, 1.82) is 0 Å². The second kappa shape index (κ2) is 8.21. The molecule has 1 fully saturated rings. The number of aromatic nitrogens is 1. The summed E-state index contributed by atoms with van der Waals surface area (Å²) in [5, 5.41) is 11.7. The fraction of sp³-hybridized carbons (Fsp3) is 0.259. The van der Waals surface area contributed by atoms with Gasteiger partial charge in [-0.2, -0.15) is 0 Å². The summed E-state index contributed by atoms with van der Waals surface area (Å²) in [7, 11) is 1.59. The van der Waals surface area contributed by atoms with Crippen LogP contribution >= 0.6 is 23.4 Å². The molecular formula is C27H22ClNO5S. The van der Waals surface area contributed by atoms with Gasteiger partial charge in [0.25, 0.3) is 5.56 Å². The van der Waals surface area contributed by atoms with E-state index in [0.717, 1.165) is 60.8 Å². The minimum atomic E-state index is -0.695. The molecule has 0 amide bonds. The number of halogens is 1. The molecule has 0 bridgehead atoms. The van der Waals surface area contributed by atoms with Crippen molar-refractivity contribution in [2.75, 3.05) is 7.11 Å². The zero-order valence-corrected chi connectivity index (χ0v) is 20.5. The Labute approximate surface area is 210 Å². The van der Waals surface area contributed by atoms with Gasteiger partial charge in [0.1, 0.15) is 21.6 Å². The average molecular weight is 508 g/mol. The molecule has 4 aromatic rings. The molecule has 1 spiro atoms. The molecule has 0 unspecified atom stereocenters. The van der Waals surface area contributed by atoms with Crippen LogP contribution in [0.25, 0.3) is 16.7 Å². The average Bonchev–Trinajstić information content (AvgIpc) is 3.10. The van der Waals surface area contributed by atoms with Gasteiger partial charge in [-0.25, -0.2) is 4.79 Å². The highest BCUT2D eigenvalue weighted by atomic mass is 35.5. The lowest BCUT2D eigenvalue weighted by Gasteiger charge is -2.34. The van der Waals surface area contributed by atoms with Crippen LogP contribution in [0.5, 0.6) is 11.5 Å². The lowest BCUT2D eigenvalue weighted by atomic mass is 9.68. The number of rotatable bonds is 3. The van der Waals surface area contributed by atoms with E-state index in [1.165, 1.54) is 0 Å². The van der Waals surface area contributed by atoms with Crippen LogP contribution in [0.15, 0.2) is 72.3 Å². The Morgan fingerprint density at radius 2 is 1.89 bits per heavy atom. The summed E-state index contributed by atoms with van der Waals surface area (Å²) >= 11 is 7.09. The predicted octanol–water partition coefficient (Wildman–Crippen LogP) is 6.03. The second-order valence-corrected chi connectivity index (χ2v) is 10.6. The van der Waals surface area contributed by atoms with Crippen LogP contribution in [0.1, 0.15) is 43.4 Å². The van der Waals surface area contributed by atoms with Gasteiger partial charge < -0.3 is 14.3 Å². The largest absolute Gasteiger partial charge is 0.505 e. The predicted molar refractivity (Wildman–Crippen MR) is 136 cm³/mol. The lowest BCUT2D eigenvalue weighted by Crippen LogP contribution is -2.31. The number of pyridine rings is 1. The zero-order chi connectivity index (χ0) is 24.3. The molecule has 2 aromatic heterocycles. The van der Waals surface area contributed by atoms with Crippen molar-refractivity contribution >= 4 is 34.3 Å². The Bertz CT molecular complexity index is 1620. The molecule has 1 N–H and O–H groups in total. The quantitative estimate of drug-likeness (QED) is 0.365. The molecule has 6 nitrogen and oxygen atoms in total. The number of aromatic hydroxyl groups is 1. The number of fused-ring (bicyclic) bond motifs is 6. The zero-order valence-electron chi connectivity index (χ0n) is 19.0. The van der Waals surface area contributed by atoms with Crippen LogP contribution in [0.3, 0.4) is 0 Å². The summed E-state index contributed by atoms with van der Waals surface area (Å²) < 4.78 is 12.8. The summed E-state index contributed by atoms with van der Waals surface area (Å²) in [6.45, 7) is 0. The van der Waals surface area contributed by atoms with Crippen LogP contribution in [-0.4, -0.2) is 16.8 Å². The maximum atomic E-state index is 14.0. The van der Waals surface area contributed by atoms with Gasteiger partial charge in [-0.15, -0.1) is 0 Å². The molecule has 178 valence electrons. The van der Waals surface area contributed by atoms with E-state index in [9.17, 15) is 14.7 Å². The number of hydrogen-bond acceptors (Lipinski definition) is 6. The Balaban J connectivity index is 1.63. The van der Waals surface area contributed by atoms with E-state index in [1.807, 2.05) is 18.2 Å². The van der Waals surface area contributed by atoms with E-state index in [0.29, 0.717) is 15.7 Å². The number of ether oxygens (including phenoxy) is 1. The highest BCUT2D eigenvalue weighted by Gasteiger charge is 2.45. The summed E-state index contributed by atoms with van der Waals surface area (Å²) in [6, 6.07) is 14.5. The van der Waals surface area contributed by atoms with Crippen LogP contribution in [0.2, 0.25) is 5.02 Å². The maximum absolute atomic E-state index is 14.0. The smallest absolute Gasteiger partial charge is 0.354 e. The van der Waals surface area contributed by atoms with Crippen molar-refractivity contribution in [2.45, 2.75) is 47.3 Å². The number of benzene rings is 2. The highest BCUT2D eigenvalue weighted by Crippen LogP contribution is 2.52. The first-order valence-electron chi connectivity index (χ1n) is 11.5. The standard InChI is InChI=1S/C27H22ClNO5S/c1-33-16-8-9-18-19(13-16)29-21(27(18)10-3-2-4-11-27)14-20-22(25(29)31)23(30)24(26(32)34-20)35-17-7-5-6-15(28)12-17/h5-9,12-14,30H,2-4,10-11H2,1H3. The molecule has 2 aromatic carbocycles. The lowest BCUT2D eigenvalue weighted by molar-refractivity contribution is 0.345. The van der Waals surface area contributed by atoms with Crippen molar-refractivity contribution in [3.63, 3.8) is 0 Å². The molecule has 8 heteroatoms. The van der Waals surface area contributed by atoms with Crippen molar-refractivity contribution in [2.24, 2.45) is 0 Å². The van der Waals surface area contributed by atoms with Gasteiger partial charge in [0.2, 0.25) is 0 Å². The SMILES string of the molecule is COc1ccc2c(c1)-n1c(cc3oc(=O)c(Sc4cccc(Cl)c4)c(O)c3c1=O)C21CCCCC1. The first kappa shape index (κ1) is 22.3. The van der Waals surface area contributed by atoms with Gasteiger partial charge in [0, 0.05) is 33.2 Å². The Kier molecular flexibility index (Phi) is 5.23. The van der Waals surface area contributed by atoms with E-state index in [2.05, 4.69) is 0 Å². The molecule has 6 rings (SSSR count). The third-order valence-corrected chi connectivity index (χ3v) is 8.48. The molecule has 3 heterocycles. The van der Waals surface area contributed by atoms with E-state index >= 15 is 0 Å². The molecule has 1 saturated carbocycles. The summed E-state index contributed by atoms with van der Waals surface area (Å²) in [4.78, 5) is 27.5. The third kappa shape index (κ3) is 3.32. The fourth-order valence-electron chi connectivity index (χ4n) is 5.62. The minimum Gasteiger partial charge on any atom is -0.505 e. The Morgan fingerprint density at radius 1 is 1.09 bits per heavy atom. The number of methoxy groups -OCH3 is 1. The molecule has 0 saturated heterocycles. The van der Waals surface area contributed by atoms with Crippen LogP contribution in [-0.2, 0) is 5.41 Å². The Hall–Kier alpha value is -3.16. The van der Waals surface area contributed by atoms with Crippen LogP contribution in [0.4, 0.5) is 0 Å². The molecule has 0 atom stereocenters. The van der Waals surface area contributed by atoms with Crippen molar-refractivity contribution < 1.29 is 14.3 Å². The van der Waals surface area contributed by atoms with Crippen LogP contribution < -0.4 is 15.9 Å². The number of nitrogens with zero attached hydrogens (tertiary/aromatic N) is 1. The summed E-state index contributed by atoms with van der Waals surface area (Å²) in [6.07, 6.45) is 5.03. The third-order valence-electron chi connectivity index (χ3n) is 7.19. The van der Waals surface area contributed by atoms with Gasteiger partial charge in [0.05, 0.1) is 12.8 Å². The molecule has 1 aliphatic heterocycles. The van der Waals surface area contributed by atoms with Crippen molar-refractivity contribution in [3.05, 3.63) is 85.6 Å². The van der Waals surface area contributed by atoms with Gasteiger partial charge in [-0.1, -0.05) is 54.8 Å². The number of hydrogen-bond donors (Lipinski definition) is 1. The fourth-order valence-corrected chi connectivity index (χ4v) is 6.77.